The number of esters is 2. The van der Waals surface area contributed by atoms with Crippen LogP contribution in [-0.4, -0.2) is 67.2 Å². The second kappa shape index (κ2) is 15.1. The molecule has 39 heavy (non-hydrogen) atoms. The van der Waals surface area contributed by atoms with Crippen molar-refractivity contribution in [2.75, 3.05) is 32.8 Å². The summed E-state index contributed by atoms with van der Waals surface area (Å²) in [5.41, 5.74) is -0.0417. The minimum atomic E-state index is -0.819. The summed E-state index contributed by atoms with van der Waals surface area (Å²) in [5.74, 6) is -0.239. The van der Waals surface area contributed by atoms with E-state index in [1.807, 2.05) is 6.07 Å². The smallest absolute Gasteiger partial charge is 0.317 e. The Morgan fingerprint density at radius 1 is 0.974 bits per heavy atom. The molecule has 0 aromatic heterocycles. The van der Waals surface area contributed by atoms with Crippen molar-refractivity contribution in [1.82, 2.24) is 10.2 Å². The van der Waals surface area contributed by atoms with Crippen LogP contribution in [0.5, 0.6) is 11.5 Å². The molecule has 0 aliphatic carbocycles. The maximum absolute atomic E-state index is 13.1. The second-order valence-electron chi connectivity index (χ2n) is 11.4. The number of fused-ring (bicyclic) bond motifs is 1. The zero-order valence-corrected chi connectivity index (χ0v) is 24.1. The number of hydrogen-bond donors (Lipinski definition) is 1. The van der Waals surface area contributed by atoms with Gasteiger partial charge in [-0.25, -0.2) is 0 Å². The first-order chi connectivity index (χ1) is 18.6. The highest BCUT2D eigenvalue weighted by Gasteiger charge is 2.33. The molecule has 2 aliphatic rings. The first kappa shape index (κ1) is 30.7. The van der Waals surface area contributed by atoms with Crippen LogP contribution in [0.15, 0.2) is 18.2 Å². The summed E-state index contributed by atoms with van der Waals surface area (Å²) in [6, 6.07) is 4.91. The van der Waals surface area contributed by atoms with E-state index in [0.29, 0.717) is 43.2 Å². The van der Waals surface area contributed by atoms with Crippen LogP contribution in [0.2, 0.25) is 0 Å². The zero-order chi connectivity index (χ0) is 28.3. The lowest BCUT2D eigenvalue weighted by Gasteiger charge is -2.32. The van der Waals surface area contributed by atoms with Gasteiger partial charge >= 0.3 is 11.9 Å². The van der Waals surface area contributed by atoms with Gasteiger partial charge in [0.25, 0.3) is 0 Å². The summed E-state index contributed by atoms with van der Waals surface area (Å²) in [7, 11) is 0. The molecule has 218 valence electrons. The standard InChI is InChI=1S/C30H46N2O7/c1-5-6-7-8-9-12-26(33)31-23(21-32-15-10-11-16-32)29(38-27(34)20-28(35)39-30(2,3)4)22-13-14-24-25(19-22)37-18-17-36-24/h13-14,19,23,29H,5-12,15-18,20-21H2,1-4H3,(H,31,33)/t23-,29-/m1/s1. The molecule has 9 nitrogen and oxygen atoms in total. The van der Waals surface area contributed by atoms with Gasteiger partial charge in [-0.2, -0.15) is 0 Å². The monoisotopic (exact) mass is 546 g/mol. The van der Waals surface area contributed by atoms with Crippen LogP contribution < -0.4 is 14.8 Å². The molecule has 9 heteroatoms. The van der Waals surface area contributed by atoms with E-state index in [9.17, 15) is 14.4 Å². The van der Waals surface area contributed by atoms with Crippen molar-refractivity contribution >= 4 is 17.8 Å². The van der Waals surface area contributed by atoms with E-state index < -0.39 is 36.1 Å². The molecule has 1 aromatic carbocycles. The van der Waals surface area contributed by atoms with Gasteiger partial charge in [0, 0.05) is 13.0 Å². The summed E-state index contributed by atoms with van der Waals surface area (Å²) in [6.45, 7) is 10.7. The SMILES string of the molecule is CCCCCCCC(=O)N[C@H](CN1CCCC1)[C@H](OC(=O)CC(=O)OC(C)(C)C)c1ccc2c(c1)OCCO2. The molecule has 0 unspecified atom stereocenters. The van der Waals surface area contributed by atoms with Gasteiger partial charge < -0.3 is 29.2 Å². The first-order valence-corrected chi connectivity index (χ1v) is 14.5. The summed E-state index contributed by atoms with van der Waals surface area (Å²) in [4.78, 5) is 40.7. The predicted octanol–water partition coefficient (Wildman–Crippen LogP) is 4.72. The van der Waals surface area contributed by atoms with Crippen molar-refractivity contribution in [3.63, 3.8) is 0 Å². The lowest BCUT2D eigenvalue weighted by molar-refractivity contribution is -0.165. The minimum absolute atomic E-state index is 0.0681. The van der Waals surface area contributed by atoms with Crippen LogP contribution in [0, 0.1) is 0 Å². The zero-order valence-electron chi connectivity index (χ0n) is 24.1. The van der Waals surface area contributed by atoms with E-state index in [2.05, 4.69) is 17.1 Å². The van der Waals surface area contributed by atoms with Crippen molar-refractivity contribution in [1.29, 1.82) is 0 Å². The number of amides is 1. The van der Waals surface area contributed by atoms with Crippen molar-refractivity contribution in [3.05, 3.63) is 23.8 Å². The fourth-order valence-corrected chi connectivity index (χ4v) is 4.93. The van der Waals surface area contributed by atoms with Gasteiger partial charge in [-0.3, -0.25) is 14.4 Å². The van der Waals surface area contributed by atoms with E-state index in [0.717, 1.165) is 51.6 Å². The summed E-state index contributed by atoms with van der Waals surface area (Å²) in [5, 5.41) is 3.16. The van der Waals surface area contributed by atoms with Gasteiger partial charge in [0.05, 0.1) is 6.04 Å². The lowest BCUT2D eigenvalue weighted by Crippen LogP contribution is -2.47. The molecule has 3 rings (SSSR count). The van der Waals surface area contributed by atoms with Gasteiger partial charge in [0.2, 0.25) is 5.91 Å². The minimum Gasteiger partial charge on any atom is -0.486 e. The number of carbonyl (C=O) groups excluding carboxylic acids is 3. The Hall–Kier alpha value is -2.81. The van der Waals surface area contributed by atoms with Gasteiger partial charge in [0.1, 0.15) is 31.3 Å². The van der Waals surface area contributed by atoms with Gasteiger partial charge in [-0.05, 0) is 70.8 Å². The molecule has 0 spiro atoms. The summed E-state index contributed by atoms with van der Waals surface area (Å²) in [6.07, 6.45) is 6.51. The molecule has 2 heterocycles. The average Bonchev–Trinajstić information content (AvgIpc) is 3.38. The number of rotatable bonds is 14. The molecule has 0 radical (unpaired) electrons. The quantitative estimate of drug-likeness (QED) is 0.203. The molecule has 1 fully saturated rings. The third-order valence-electron chi connectivity index (χ3n) is 6.73. The Bertz CT molecular complexity index is 953. The van der Waals surface area contributed by atoms with E-state index in [4.69, 9.17) is 18.9 Å². The molecular formula is C30H46N2O7. The topological polar surface area (TPSA) is 103 Å². The van der Waals surface area contributed by atoms with Crippen molar-refractivity contribution in [3.8, 4) is 11.5 Å². The number of benzene rings is 1. The fraction of sp³-hybridized carbons (Fsp3) is 0.700. The third kappa shape index (κ3) is 10.7. The Morgan fingerprint density at radius 2 is 1.67 bits per heavy atom. The molecule has 0 saturated carbocycles. The molecule has 0 bridgehead atoms. The Kier molecular flexibility index (Phi) is 11.9. The Labute approximate surface area is 232 Å². The molecule has 2 aliphatic heterocycles. The van der Waals surface area contributed by atoms with Crippen LogP contribution in [0.3, 0.4) is 0 Å². The third-order valence-corrected chi connectivity index (χ3v) is 6.73. The Morgan fingerprint density at radius 3 is 2.36 bits per heavy atom. The highest BCUT2D eigenvalue weighted by Crippen LogP contribution is 2.35. The van der Waals surface area contributed by atoms with Crippen molar-refractivity contribution in [2.24, 2.45) is 0 Å². The highest BCUT2D eigenvalue weighted by molar-refractivity contribution is 5.91. The fourth-order valence-electron chi connectivity index (χ4n) is 4.93. The van der Waals surface area contributed by atoms with E-state index in [1.165, 1.54) is 6.42 Å². The Balaban J connectivity index is 1.81. The number of nitrogens with one attached hydrogen (secondary N) is 1. The van der Waals surface area contributed by atoms with Crippen LogP contribution in [0.4, 0.5) is 0 Å². The van der Waals surface area contributed by atoms with Crippen molar-refractivity contribution in [2.45, 2.75) is 103 Å². The maximum atomic E-state index is 13.1. The van der Waals surface area contributed by atoms with Crippen LogP contribution in [0.25, 0.3) is 0 Å². The van der Waals surface area contributed by atoms with Gasteiger partial charge in [-0.15, -0.1) is 0 Å². The number of nitrogens with zero attached hydrogens (tertiary/aromatic N) is 1. The van der Waals surface area contributed by atoms with Crippen LogP contribution in [-0.2, 0) is 23.9 Å². The maximum Gasteiger partial charge on any atom is 0.317 e. The number of likely N-dealkylation sites (tertiary alicyclic amines) is 1. The number of hydrogen-bond acceptors (Lipinski definition) is 8. The first-order valence-electron chi connectivity index (χ1n) is 14.5. The molecular weight excluding hydrogens is 500 g/mol. The van der Waals surface area contributed by atoms with Gasteiger partial charge in [0.15, 0.2) is 11.5 Å². The van der Waals surface area contributed by atoms with Crippen molar-refractivity contribution < 1.29 is 33.3 Å². The normalized spacial score (nSPS) is 16.8. The molecule has 1 N–H and O–H groups in total. The van der Waals surface area contributed by atoms with E-state index >= 15 is 0 Å². The number of carbonyl (C=O) groups is 3. The second-order valence-corrected chi connectivity index (χ2v) is 11.4. The molecule has 1 saturated heterocycles. The lowest BCUT2D eigenvalue weighted by atomic mass is 10.00. The van der Waals surface area contributed by atoms with E-state index in [1.54, 1.807) is 32.9 Å². The molecule has 1 aromatic rings. The summed E-state index contributed by atoms with van der Waals surface area (Å²) >= 11 is 0. The highest BCUT2D eigenvalue weighted by atomic mass is 16.6. The number of ether oxygens (including phenoxy) is 4. The summed E-state index contributed by atoms with van der Waals surface area (Å²) < 4.78 is 22.7. The van der Waals surface area contributed by atoms with Gasteiger partial charge in [-0.1, -0.05) is 38.7 Å². The average molecular weight is 547 g/mol. The van der Waals surface area contributed by atoms with Crippen LogP contribution >= 0.6 is 0 Å². The van der Waals surface area contributed by atoms with E-state index in [-0.39, 0.29) is 5.91 Å². The molecule has 2 atom stereocenters. The largest absolute Gasteiger partial charge is 0.486 e. The molecule has 1 amide bonds. The van der Waals surface area contributed by atoms with Crippen LogP contribution in [0.1, 0.15) is 97.1 Å². The number of unbranched alkanes of at least 4 members (excludes halogenated alkanes) is 4. The predicted molar refractivity (Wildman–Crippen MR) is 148 cm³/mol.